The summed E-state index contributed by atoms with van der Waals surface area (Å²) in [6.07, 6.45) is 0.113. The molecule has 0 aromatic heterocycles. The van der Waals surface area contributed by atoms with Gasteiger partial charge in [0.1, 0.15) is 0 Å². The molecule has 7 heteroatoms. The van der Waals surface area contributed by atoms with Crippen LogP contribution in [0, 0.1) is 5.92 Å². The molecule has 134 valence electrons. The molecule has 1 aliphatic heterocycles. The zero-order valence-electron chi connectivity index (χ0n) is 14.1. The van der Waals surface area contributed by atoms with E-state index in [4.69, 9.17) is 16.3 Å². The first-order chi connectivity index (χ1) is 12.5. The number of anilines is 2. The monoisotopic (exact) mass is 372 g/mol. The Balaban J connectivity index is 1.76. The van der Waals surface area contributed by atoms with E-state index in [1.807, 2.05) is 30.3 Å². The van der Waals surface area contributed by atoms with Crippen molar-refractivity contribution in [3.05, 3.63) is 59.1 Å². The Kier molecular flexibility index (Phi) is 5.23. The van der Waals surface area contributed by atoms with Gasteiger partial charge in [0.2, 0.25) is 11.8 Å². The Morgan fingerprint density at radius 3 is 2.62 bits per heavy atom. The van der Waals surface area contributed by atoms with E-state index in [0.717, 1.165) is 5.69 Å². The highest BCUT2D eigenvalue weighted by molar-refractivity contribution is 6.31. The summed E-state index contributed by atoms with van der Waals surface area (Å²) >= 11 is 5.92. The van der Waals surface area contributed by atoms with Crippen molar-refractivity contribution in [2.45, 2.75) is 6.42 Å². The fourth-order valence-corrected chi connectivity index (χ4v) is 3.05. The average Bonchev–Trinajstić information content (AvgIpc) is 3.05. The first kappa shape index (κ1) is 17.9. The third-order valence-electron chi connectivity index (χ3n) is 4.21. The molecule has 0 aliphatic carbocycles. The van der Waals surface area contributed by atoms with Gasteiger partial charge in [0.05, 0.1) is 24.3 Å². The van der Waals surface area contributed by atoms with Crippen LogP contribution in [0.25, 0.3) is 0 Å². The summed E-state index contributed by atoms with van der Waals surface area (Å²) in [7, 11) is 1.25. The van der Waals surface area contributed by atoms with Crippen LogP contribution in [-0.4, -0.2) is 31.4 Å². The summed E-state index contributed by atoms with van der Waals surface area (Å²) < 4.78 is 4.72. The number of carbonyl (C=O) groups excluding carboxylic acids is 3. The van der Waals surface area contributed by atoms with Crippen molar-refractivity contribution in [3.8, 4) is 0 Å². The molecule has 0 spiro atoms. The number of hydrogen-bond acceptors (Lipinski definition) is 4. The summed E-state index contributed by atoms with van der Waals surface area (Å²) in [5.74, 6) is -1.55. The Morgan fingerprint density at radius 1 is 1.19 bits per heavy atom. The molecule has 1 saturated heterocycles. The van der Waals surface area contributed by atoms with Crippen LogP contribution in [0.1, 0.15) is 16.8 Å². The van der Waals surface area contributed by atoms with Crippen LogP contribution in [0.2, 0.25) is 5.02 Å². The van der Waals surface area contributed by atoms with Gasteiger partial charge in [-0.05, 0) is 30.3 Å². The van der Waals surface area contributed by atoms with Gasteiger partial charge >= 0.3 is 5.97 Å². The van der Waals surface area contributed by atoms with Crippen molar-refractivity contribution in [3.63, 3.8) is 0 Å². The second-order valence-corrected chi connectivity index (χ2v) is 6.35. The first-order valence-electron chi connectivity index (χ1n) is 8.03. The number of benzene rings is 2. The second kappa shape index (κ2) is 7.58. The van der Waals surface area contributed by atoms with Gasteiger partial charge < -0.3 is 15.0 Å². The fourth-order valence-electron chi connectivity index (χ4n) is 2.88. The number of esters is 1. The number of carbonyl (C=O) groups is 3. The van der Waals surface area contributed by atoms with Gasteiger partial charge in [-0.2, -0.15) is 0 Å². The van der Waals surface area contributed by atoms with Crippen molar-refractivity contribution < 1.29 is 19.1 Å². The number of ether oxygens (including phenoxy) is 1. The second-order valence-electron chi connectivity index (χ2n) is 5.91. The number of hydrogen-bond donors (Lipinski definition) is 1. The molecule has 1 unspecified atom stereocenters. The average molecular weight is 373 g/mol. The highest BCUT2D eigenvalue weighted by Crippen LogP contribution is 2.27. The maximum atomic E-state index is 12.6. The number of methoxy groups -OCH3 is 1. The number of para-hydroxylation sites is 1. The largest absolute Gasteiger partial charge is 0.465 e. The van der Waals surface area contributed by atoms with Crippen LogP contribution < -0.4 is 10.2 Å². The molecule has 2 amide bonds. The predicted molar refractivity (Wildman–Crippen MR) is 98.3 cm³/mol. The van der Waals surface area contributed by atoms with E-state index in [9.17, 15) is 14.4 Å². The first-order valence-corrected chi connectivity index (χ1v) is 8.41. The molecule has 6 nitrogen and oxygen atoms in total. The molecule has 1 atom stereocenters. The molecule has 1 N–H and O–H groups in total. The lowest BCUT2D eigenvalue weighted by Crippen LogP contribution is -2.28. The van der Waals surface area contributed by atoms with Crippen molar-refractivity contribution in [2.75, 3.05) is 23.9 Å². The van der Waals surface area contributed by atoms with Gasteiger partial charge in [-0.25, -0.2) is 4.79 Å². The molecular weight excluding hydrogens is 356 g/mol. The number of halogens is 1. The third kappa shape index (κ3) is 3.70. The van der Waals surface area contributed by atoms with E-state index >= 15 is 0 Å². The van der Waals surface area contributed by atoms with E-state index in [-0.39, 0.29) is 30.3 Å². The van der Waals surface area contributed by atoms with E-state index in [2.05, 4.69) is 5.32 Å². The standard InChI is InChI=1S/C19H17ClN2O4/c1-26-19(25)15-10-13(20)7-8-16(15)21-18(24)12-9-17(23)22(11-12)14-5-3-2-4-6-14/h2-8,10,12H,9,11H2,1H3,(H,21,24). The lowest BCUT2D eigenvalue weighted by molar-refractivity contribution is -0.122. The summed E-state index contributed by atoms with van der Waals surface area (Å²) in [6, 6.07) is 13.7. The molecule has 1 aliphatic rings. The SMILES string of the molecule is COC(=O)c1cc(Cl)ccc1NC(=O)C1CC(=O)N(c2ccccc2)C1. The summed E-state index contributed by atoms with van der Waals surface area (Å²) in [5.41, 5.74) is 1.23. The Bertz CT molecular complexity index is 854. The van der Waals surface area contributed by atoms with Crippen LogP contribution in [-0.2, 0) is 14.3 Å². The number of nitrogens with one attached hydrogen (secondary N) is 1. The van der Waals surface area contributed by atoms with Gasteiger partial charge in [-0.3, -0.25) is 9.59 Å². The van der Waals surface area contributed by atoms with E-state index in [1.165, 1.54) is 19.2 Å². The predicted octanol–water partition coefficient (Wildman–Crippen LogP) is 3.12. The highest BCUT2D eigenvalue weighted by atomic mass is 35.5. The summed E-state index contributed by atoms with van der Waals surface area (Å²) in [4.78, 5) is 38.3. The summed E-state index contributed by atoms with van der Waals surface area (Å²) in [5, 5.41) is 3.07. The third-order valence-corrected chi connectivity index (χ3v) is 4.44. The van der Waals surface area contributed by atoms with Gasteiger partial charge in [0, 0.05) is 23.7 Å². The molecule has 2 aromatic carbocycles. The van der Waals surface area contributed by atoms with E-state index in [1.54, 1.807) is 11.0 Å². The minimum Gasteiger partial charge on any atom is -0.465 e. The molecular formula is C19H17ClN2O4. The quantitative estimate of drug-likeness (QED) is 0.837. The molecule has 0 radical (unpaired) electrons. The topological polar surface area (TPSA) is 75.7 Å². The number of rotatable bonds is 4. The molecule has 0 saturated carbocycles. The fraction of sp³-hybridized carbons (Fsp3) is 0.211. The van der Waals surface area contributed by atoms with E-state index in [0.29, 0.717) is 10.7 Å². The van der Waals surface area contributed by atoms with Crippen molar-refractivity contribution >= 4 is 40.8 Å². The zero-order valence-corrected chi connectivity index (χ0v) is 14.8. The van der Waals surface area contributed by atoms with E-state index < -0.39 is 11.9 Å². The molecule has 1 fully saturated rings. The number of amides is 2. The Hall–Kier alpha value is -2.86. The minimum absolute atomic E-state index is 0.111. The highest BCUT2D eigenvalue weighted by Gasteiger charge is 2.35. The molecule has 3 rings (SSSR count). The van der Waals surface area contributed by atoms with Crippen molar-refractivity contribution in [1.29, 1.82) is 0 Å². The van der Waals surface area contributed by atoms with Crippen LogP contribution in [0.4, 0.5) is 11.4 Å². The number of nitrogens with zero attached hydrogens (tertiary/aromatic N) is 1. The van der Waals surface area contributed by atoms with Crippen LogP contribution in [0.5, 0.6) is 0 Å². The van der Waals surface area contributed by atoms with Crippen molar-refractivity contribution in [1.82, 2.24) is 0 Å². The van der Waals surface area contributed by atoms with Crippen LogP contribution >= 0.6 is 11.6 Å². The van der Waals surface area contributed by atoms with Gasteiger partial charge in [0.15, 0.2) is 0 Å². The maximum absolute atomic E-state index is 12.6. The van der Waals surface area contributed by atoms with Gasteiger partial charge in [-0.1, -0.05) is 29.8 Å². The maximum Gasteiger partial charge on any atom is 0.340 e. The lowest BCUT2D eigenvalue weighted by atomic mass is 10.1. The van der Waals surface area contributed by atoms with Crippen LogP contribution in [0.15, 0.2) is 48.5 Å². The van der Waals surface area contributed by atoms with Gasteiger partial charge in [-0.15, -0.1) is 0 Å². The zero-order chi connectivity index (χ0) is 18.7. The van der Waals surface area contributed by atoms with Crippen molar-refractivity contribution in [2.24, 2.45) is 5.92 Å². The van der Waals surface area contributed by atoms with Gasteiger partial charge in [0.25, 0.3) is 0 Å². The van der Waals surface area contributed by atoms with Crippen LogP contribution in [0.3, 0.4) is 0 Å². The molecule has 0 bridgehead atoms. The Morgan fingerprint density at radius 2 is 1.92 bits per heavy atom. The Labute approximate surface area is 155 Å². The molecule has 26 heavy (non-hydrogen) atoms. The lowest BCUT2D eigenvalue weighted by Gasteiger charge is -2.17. The molecule has 1 heterocycles. The minimum atomic E-state index is -0.601. The normalized spacial score (nSPS) is 16.5. The molecule has 2 aromatic rings. The summed E-state index contributed by atoms with van der Waals surface area (Å²) in [6.45, 7) is 0.288. The smallest absolute Gasteiger partial charge is 0.340 e.